The highest BCUT2D eigenvalue weighted by Gasteiger charge is 2.33. The van der Waals surface area contributed by atoms with Crippen LogP contribution in [0.4, 0.5) is 13.2 Å². The lowest BCUT2D eigenvalue weighted by molar-refractivity contribution is -0.138. The molecule has 3 nitrogen and oxygen atoms in total. The summed E-state index contributed by atoms with van der Waals surface area (Å²) in [4.78, 5) is 22.8. The van der Waals surface area contributed by atoms with Crippen LogP contribution in [0, 0.1) is 0 Å². The van der Waals surface area contributed by atoms with E-state index in [9.17, 15) is 22.8 Å². The van der Waals surface area contributed by atoms with Gasteiger partial charge in [0.05, 0.1) is 5.56 Å². The van der Waals surface area contributed by atoms with Gasteiger partial charge in [0.25, 0.3) is 0 Å². The molecule has 0 spiro atoms. The molecule has 1 aromatic heterocycles. The van der Waals surface area contributed by atoms with Gasteiger partial charge in [0.1, 0.15) is 6.29 Å². The van der Waals surface area contributed by atoms with Crippen molar-refractivity contribution in [1.29, 1.82) is 0 Å². The Bertz CT molecular complexity index is 394. The van der Waals surface area contributed by atoms with E-state index in [0.717, 1.165) is 6.20 Å². The molecular weight excluding hydrogens is 199 g/mol. The number of hydrogen-bond acceptors (Lipinski definition) is 2. The maximum absolute atomic E-state index is 12.3. The number of aldehydes is 1. The van der Waals surface area contributed by atoms with E-state index in [4.69, 9.17) is 0 Å². The van der Waals surface area contributed by atoms with Crippen LogP contribution < -0.4 is 5.56 Å². The molecule has 0 saturated heterocycles. The SMILES string of the molecule is O=CCc1c[nH]c(=O)cc1C(F)(F)F. The predicted octanol–water partition coefficient (Wildman–Crippen LogP) is 1.14. The lowest BCUT2D eigenvalue weighted by Gasteiger charge is -2.09. The standard InChI is InChI=1S/C8H6F3NO2/c9-8(10,11)6-3-7(14)12-4-5(6)1-2-13/h2-4H,1H2,(H,12,14). The van der Waals surface area contributed by atoms with Gasteiger partial charge in [-0.2, -0.15) is 13.2 Å². The smallest absolute Gasteiger partial charge is 0.329 e. The third-order valence-electron chi connectivity index (χ3n) is 1.62. The number of halogens is 3. The number of carbonyl (C=O) groups is 1. The van der Waals surface area contributed by atoms with Crippen molar-refractivity contribution in [3.05, 3.63) is 33.7 Å². The van der Waals surface area contributed by atoms with Crippen LogP contribution in [0.5, 0.6) is 0 Å². The second-order valence-corrected chi connectivity index (χ2v) is 2.60. The minimum Gasteiger partial charge on any atom is -0.329 e. The zero-order chi connectivity index (χ0) is 10.8. The van der Waals surface area contributed by atoms with E-state index in [2.05, 4.69) is 4.98 Å². The highest BCUT2D eigenvalue weighted by molar-refractivity contribution is 5.56. The van der Waals surface area contributed by atoms with E-state index in [1.165, 1.54) is 0 Å². The molecule has 0 aliphatic heterocycles. The fraction of sp³-hybridized carbons (Fsp3) is 0.250. The van der Waals surface area contributed by atoms with Gasteiger partial charge in [0, 0.05) is 18.7 Å². The summed E-state index contributed by atoms with van der Waals surface area (Å²) in [7, 11) is 0. The highest BCUT2D eigenvalue weighted by atomic mass is 19.4. The Morgan fingerprint density at radius 1 is 1.43 bits per heavy atom. The molecule has 1 heterocycles. The van der Waals surface area contributed by atoms with Crippen LogP contribution in [-0.4, -0.2) is 11.3 Å². The molecule has 14 heavy (non-hydrogen) atoms. The van der Waals surface area contributed by atoms with Crippen LogP contribution in [0.1, 0.15) is 11.1 Å². The number of nitrogens with one attached hydrogen (secondary N) is 1. The number of hydrogen-bond donors (Lipinski definition) is 1. The third kappa shape index (κ3) is 2.21. The number of alkyl halides is 3. The molecule has 1 rings (SSSR count). The number of carbonyl (C=O) groups excluding carboxylic acids is 1. The molecule has 0 fully saturated rings. The molecular formula is C8H6F3NO2. The molecule has 0 radical (unpaired) electrons. The van der Waals surface area contributed by atoms with Gasteiger partial charge in [-0.3, -0.25) is 4.79 Å². The summed E-state index contributed by atoms with van der Waals surface area (Å²) in [5.74, 6) is 0. The number of H-pyrrole nitrogens is 1. The summed E-state index contributed by atoms with van der Waals surface area (Å²) in [6.07, 6.45) is -3.72. The van der Waals surface area contributed by atoms with Crippen LogP contribution in [0.3, 0.4) is 0 Å². The molecule has 0 aliphatic rings. The molecule has 0 unspecified atom stereocenters. The number of rotatable bonds is 2. The third-order valence-corrected chi connectivity index (χ3v) is 1.62. The Balaban J connectivity index is 3.29. The molecule has 1 aromatic rings. The van der Waals surface area contributed by atoms with Crippen LogP contribution in [0.25, 0.3) is 0 Å². The highest BCUT2D eigenvalue weighted by Crippen LogP contribution is 2.30. The first-order valence-corrected chi connectivity index (χ1v) is 3.67. The first-order valence-electron chi connectivity index (χ1n) is 3.67. The Hall–Kier alpha value is -1.59. The summed E-state index contributed by atoms with van der Waals surface area (Å²) >= 11 is 0. The Labute approximate surface area is 76.6 Å². The summed E-state index contributed by atoms with van der Waals surface area (Å²) in [5, 5.41) is 0. The van der Waals surface area contributed by atoms with Crippen molar-refractivity contribution in [2.24, 2.45) is 0 Å². The van der Waals surface area contributed by atoms with E-state index in [0.29, 0.717) is 12.4 Å². The van der Waals surface area contributed by atoms with Crippen molar-refractivity contribution in [3.63, 3.8) is 0 Å². The van der Waals surface area contributed by atoms with E-state index in [1.807, 2.05) is 0 Å². The number of pyridine rings is 1. The van der Waals surface area contributed by atoms with Crippen LogP contribution in [-0.2, 0) is 17.4 Å². The van der Waals surface area contributed by atoms with E-state index >= 15 is 0 Å². The topological polar surface area (TPSA) is 49.9 Å². The molecule has 6 heteroatoms. The average Bonchev–Trinajstić information content (AvgIpc) is 2.07. The second kappa shape index (κ2) is 3.65. The maximum Gasteiger partial charge on any atom is 0.416 e. The largest absolute Gasteiger partial charge is 0.416 e. The minimum absolute atomic E-state index is 0.230. The fourth-order valence-corrected chi connectivity index (χ4v) is 1.02. The molecule has 1 N–H and O–H groups in total. The van der Waals surface area contributed by atoms with Gasteiger partial charge >= 0.3 is 6.18 Å². The van der Waals surface area contributed by atoms with Gasteiger partial charge in [0.2, 0.25) is 5.56 Å². The second-order valence-electron chi connectivity index (χ2n) is 2.60. The Morgan fingerprint density at radius 2 is 2.07 bits per heavy atom. The van der Waals surface area contributed by atoms with Crippen molar-refractivity contribution in [3.8, 4) is 0 Å². The van der Waals surface area contributed by atoms with E-state index in [1.54, 1.807) is 0 Å². The van der Waals surface area contributed by atoms with Gasteiger partial charge < -0.3 is 9.78 Å². The van der Waals surface area contributed by atoms with Crippen molar-refractivity contribution in [2.75, 3.05) is 0 Å². The van der Waals surface area contributed by atoms with E-state index < -0.39 is 17.3 Å². The quantitative estimate of drug-likeness (QED) is 0.736. The van der Waals surface area contributed by atoms with Crippen molar-refractivity contribution in [1.82, 2.24) is 4.98 Å². The summed E-state index contributed by atoms with van der Waals surface area (Å²) in [6, 6.07) is 0.443. The van der Waals surface area contributed by atoms with Crippen molar-refractivity contribution >= 4 is 6.29 Å². The summed E-state index contributed by atoms with van der Waals surface area (Å²) in [6.45, 7) is 0. The van der Waals surface area contributed by atoms with Gasteiger partial charge in [0.15, 0.2) is 0 Å². The molecule has 0 aliphatic carbocycles. The molecule has 0 amide bonds. The Morgan fingerprint density at radius 3 is 2.57 bits per heavy atom. The lowest BCUT2D eigenvalue weighted by atomic mass is 10.1. The lowest BCUT2D eigenvalue weighted by Crippen LogP contribution is -2.16. The van der Waals surface area contributed by atoms with Gasteiger partial charge in [-0.25, -0.2) is 0 Å². The normalized spacial score (nSPS) is 11.4. The Kier molecular flexibility index (Phi) is 2.73. The van der Waals surface area contributed by atoms with Gasteiger partial charge in [-0.15, -0.1) is 0 Å². The van der Waals surface area contributed by atoms with Crippen LogP contribution in [0.2, 0.25) is 0 Å². The van der Waals surface area contributed by atoms with E-state index in [-0.39, 0.29) is 12.0 Å². The average molecular weight is 205 g/mol. The first kappa shape index (κ1) is 10.5. The maximum atomic E-state index is 12.3. The monoisotopic (exact) mass is 205 g/mol. The molecule has 0 bridgehead atoms. The first-order chi connectivity index (χ1) is 6.45. The number of aromatic nitrogens is 1. The minimum atomic E-state index is -4.60. The molecule has 0 atom stereocenters. The fourth-order valence-electron chi connectivity index (χ4n) is 1.02. The van der Waals surface area contributed by atoms with Crippen molar-refractivity contribution in [2.45, 2.75) is 12.6 Å². The molecule has 76 valence electrons. The summed E-state index contributed by atoms with van der Waals surface area (Å²) in [5.41, 5.74) is -2.13. The number of aromatic amines is 1. The summed E-state index contributed by atoms with van der Waals surface area (Å²) < 4.78 is 36.8. The zero-order valence-corrected chi connectivity index (χ0v) is 6.89. The molecule has 0 aromatic carbocycles. The van der Waals surface area contributed by atoms with Gasteiger partial charge in [-0.05, 0) is 5.56 Å². The zero-order valence-electron chi connectivity index (χ0n) is 6.89. The molecule has 0 saturated carbocycles. The van der Waals surface area contributed by atoms with Crippen molar-refractivity contribution < 1.29 is 18.0 Å². The van der Waals surface area contributed by atoms with Crippen LogP contribution in [0.15, 0.2) is 17.1 Å². The van der Waals surface area contributed by atoms with Gasteiger partial charge in [-0.1, -0.05) is 0 Å². The predicted molar refractivity (Wildman–Crippen MR) is 41.8 cm³/mol. The van der Waals surface area contributed by atoms with Crippen LogP contribution >= 0.6 is 0 Å².